The summed E-state index contributed by atoms with van der Waals surface area (Å²) in [5, 5.41) is 24.5. The Bertz CT molecular complexity index is 865. The van der Waals surface area contributed by atoms with Gasteiger partial charge in [0.15, 0.2) is 0 Å². The summed E-state index contributed by atoms with van der Waals surface area (Å²) in [6.07, 6.45) is 9.26. The van der Waals surface area contributed by atoms with E-state index in [-0.39, 0.29) is 59.5 Å². The highest BCUT2D eigenvalue weighted by molar-refractivity contribution is 9.09. The predicted molar refractivity (Wildman–Crippen MR) is 166 cm³/mol. The van der Waals surface area contributed by atoms with E-state index in [2.05, 4.69) is 48.2 Å². The van der Waals surface area contributed by atoms with Crippen LogP contribution in [0.2, 0.25) is 0 Å². The molecule has 41 heavy (non-hydrogen) atoms. The zero-order chi connectivity index (χ0) is 29.4. The fraction of sp³-hybridized carbons (Fsp3) is 0.933. The Balaban J connectivity index is 1.34. The Hall–Kier alpha value is -0.510. The lowest BCUT2D eigenvalue weighted by Gasteiger charge is -2.50. The number of piperidine rings is 2. The van der Waals surface area contributed by atoms with Crippen LogP contribution in [0.1, 0.15) is 71.1 Å². The molecule has 0 aromatic rings. The van der Waals surface area contributed by atoms with Crippen molar-refractivity contribution in [3.8, 4) is 6.07 Å². The Labute approximate surface area is 260 Å². The number of nitrogens with zero attached hydrogens (tertiary/aromatic N) is 2. The molecule has 4 rings (SSSR count). The van der Waals surface area contributed by atoms with Crippen molar-refractivity contribution in [2.75, 3.05) is 40.4 Å². The van der Waals surface area contributed by atoms with Gasteiger partial charge in [-0.25, -0.2) is 0 Å². The number of halogens is 2. The van der Waals surface area contributed by atoms with Gasteiger partial charge < -0.3 is 30.3 Å². The van der Waals surface area contributed by atoms with E-state index in [4.69, 9.17) is 21.1 Å². The van der Waals surface area contributed by atoms with E-state index in [1.165, 1.54) is 6.42 Å². The molecule has 11 heteroatoms. The molecule has 4 fully saturated rings. The van der Waals surface area contributed by atoms with E-state index in [1.54, 1.807) is 0 Å². The lowest BCUT2D eigenvalue weighted by molar-refractivity contribution is -0.124. The van der Waals surface area contributed by atoms with Crippen LogP contribution in [-0.4, -0.2) is 104 Å². The van der Waals surface area contributed by atoms with Crippen LogP contribution < -0.4 is 21.3 Å². The highest BCUT2D eigenvalue weighted by atomic mass is 79.9. The van der Waals surface area contributed by atoms with Gasteiger partial charge in [0.25, 0.3) is 0 Å². The minimum Gasteiger partial charge on any atom is -0.376 e. The van der Waals surface area contributed by atoms with Gasteiger partial charge in [-0.2, -0.15) is 5.26 Å². The maximum Gasteiger partial charge on any atom is 0.220 e. The number of fused-ring (bicyclic) bond motifs is 1. The molecule has 0 aromatic heterocycles. The van der Waals surface area contributed by atoms with Crippen LogP contribution in [0.5, 0.6) is 0 Å². The molecule has 0 radical (unpaired) electrons. The largest absolute Gasteiger partial charge is 0.376 e. The molecule has 0 spiro atoms. The van der Waals surface area contributed by atoms with Crippen molar-refractivity contribution in [3.05, 3.63) is 0 Å². The summed E-state index contributed by atoms with van der Waals surface area (Å²) < 4.78 is 12.5. The molecule has 1 amide bonds. The highest BCUT2D eigenvalue weighted by Gasteiger charge is 2.47. The summed E-state index contributed by atoms with van der Waals surface area (Å²) in [4.78, 5) is 15.3. The predicted octanol–water partition coefficient (Wildman–Crippen LogP) is 3.11. The van der Waals surface area contributed by atoms with Crippen molar-refractivity contribution in [2.24, 2.45) is 11.8 Å². The number of carbonyl (C=O) groups is 1. The summed E-state index contributed by atoms with van der Waals surface area (Å²) in [6.45, 7) is 4.89. The monoisotopic (exact) mass is 658 g/mol. The average molecular weight is 660 g/mol. The number of carbonyl (C=O) groups excluding carboxylic acids is 1. The number of hydrogen-bond acceptors (Lipinski definition) is 8. The number of hydrogen-bond donors (Lipinski definition) is 4. The third-order valence-electron chi connectivity index (χ3n) is 9.45. The van der Waals surface area contributed by atoms with Crippen LogP contribution in [0.25, 0.3) is 0 Å². The fourth-order valence-electron chi connectivity index (χ4n) is 7.32. The van der Waals surface area contributed by atoms with Gasteiger partial charge in [-0.1, -0.05) is 15.9 Å². The van der Waals surface area contributed by atoms with E-state index in [0.29, 0.717) is 37.2 Å². The molecular formula is C30H52BrClN6O3. The Morgan fingerprint density at radius 2 is 1.98 bits per heavy atom. The van der Waals surface area contributed by atoms with Crippen molar-refractivity contribution < 1.29 is 14.3 Å². The second-order valence-electron chi connectivity index (χ2n) is 12.8. The van der Waals surface area contributed by atoms with Crippen LogP contribution in [0, 0.1) is 23.2 Å². The minimum atomic E-state index is -0.131. The van der Waals surface area contributed by atoms with E-state index < -0.39 is 0 Å². The maximum atomic E-state index is 12.9. The van der Waals surface area contributed by atoms with E-state index in [0.717, 1.165) is 57.9 Å². The highest BCUT2D eigenvalue weighted by Crippen LogP contribution is 2.36. The number of rotatable bonds is 12. The van der Waals surface area contributed by atoms with Gasteiger partial charge >= 0.3 is 0 Å². The van der Waals surface area contributed by atoms with Crippen molar-refractivity contribution >= 4 is 33.4 Å². The third-order valence-corrected chi connectivity index (χ3v) is 10.6. The number of amides is 1. The molecule has 234 valence electrons. The summed E-state index contributed by atoms with van der Waals surface area (Å²) in [6, 6.07) is 3.45. The molecule has 0 bridgehead atoms. The quantitative estimate of drug-likeness (QED) is 0.187. The Morgan fingerprint density at radius 3 is 2.68 bits per heavy atom. The van der Waals surface area contributed by atoms with Crippen molar-refractivity contribution in [1.29, 1.82) is 5.26 Å². The molecule has 11 atom stereocenters. The van der Waals surface area contributed by atoms with E-state index in [1.807, 2.05) is 21.0 Å². The van der Waals surface area contributed by atoms with Crippen molar-refractivity contribution in [2.45, 2.75) is 124 Å². The molecule has 4 N–H and O–H groups in total. The molecule has 2 saturated heterocycles. The summed E-state index contributed by atoms with van der Waals surface area (Å²) in [7, 11) is 4.05. The topological polar surface area (TPSA) is 111 Å². The fourth-order valence-corrected chi connectivity index (χ4v) is 8.43. The average Bonchev–Trinajstić information content (AvgIpc) is 2.93. The zero-order valence-electron chi connectivity index (χ0n) is 25.1. The Kier molecular flexibility index (Phi) is 13.5. The molecule has 2 heterocycles. The lowest BCUT2D eigenvalue weighted by atomic mass is 9.69. The van der Waals surface area contributed by atoms with Crippen LogP contribution in [0.4, 0.5) is 0 Å². The molecule has 9 nitrogen and oxygen atoms in total. The first-order valence-corrected chi connectivity index (χ1v) is 17.2. The van der Waals surface area contributed by atoms with Gasteiger partial charge in [0.1, 0.15) is 0 Å². The van der Waals surface area contributed by atoms with Crippen molar-refractivity contribution in [1.82, 2.24) is 26.2 Å². The molecular weight excluding hydrogens is 608 g/mol. The van der Waals surface area contributed by atoms with Gasteiger partial charge in [-0.05, 0) is 91.3 Å². The summed E-state index contributed by atoms with van der Waals surface area (Å²) in [5.74, 6) is 0.187. The van der Waals surface area contributed by atoms with E-state index >= 15 is 0 Å². The van der Waals surface area contributed by atoms with Crippen molar-refractivity contribution in [3.63, 3.8) is 0 Å². The van der Waals surface area contributed by atoms with Gasteiger partial charge in [0.2, 0.25) is 5.91 Å². The number of ether oxygens (including phenoxy) is 2. The zero-order valence-corrected chi connectivity index (χ0v) is 27.5. The van der Waals surface area contributed by atoms with E-state index in [9.17, 15) is 10.1 Å². The summed E-state index contributed by atoms with van der Waals surface area (Å²) >= 11 is 10.6. The lowest BCUT2D eigenvalue weighted by Crippen LogP contribution is -2.66. The Morgan fingerprint density at radius 1 is 1.15 bits per heavy atom. The molecule has 4 aliphatic rings. The standard InChI is InChI=1S/C30H52BrClN6O3/c1-4-40-27-15-24-22(14-25(27)37-29(39)9-6-12-38(2)3)30(19(16-33)17-34-24)36-20-10-11-26(23(32)13-20)41-18-21-7-5-8-28(31)35-21/h19-28,30,34-36H,4-15,17-18H2,1-3H3,(H,37,39). The molecule has 2 saturated carbocycles. The smallest absolute Gasteiger partial charge is 0.220 e. The van der Waals surface area contributed by atoms with Gasteiger partial charge in [-0.15, -0.1) is 11.6 Å². The minimum absolute atomic E-state index is 0.0240. The number of nitriles is 1. The molecule has 0 aromatic carbocycles. The second-order valence-corrected chi connectivity index (χ2v) is 14.5. The summed E-state index contributed by atoms with van der Waals surface area (Å²) in [5.41, 5.74) is 0. The van der Waals surface area contributed by atoms with Gasteiger partial charge in [0, 0.05) is 43.7 Å². The first kappa shape index (κ1) is 33.4. The maximum absolute atomic E-state index is 12.9. The van der Waals surface area contributed by atoms with Crippen LogP contribution in [0.15, 0.2) is 0 Å². The second kappa shape index (κ2) is 16.5. The van der Waals surface area contributed by atoms with Crippen LogP contribution in [-0.2, 0) is 14.3 Å². The van der Waals surface area contributed by atoms with Gasteiger partial charge in [0.05, 0.1) is 47.2 Å². The van der Waals surface area contributed by atoms with Gasteiger partial charge in [-0.3, -0.25) is 10.1 Å². The normalized spacial score (nSPS) is 39.6. The molecule has 2 aliphatic heterocycles. The molecule has 11 unspecified atom stereocenters. The first-order chi connectivity index (χ1) is 19.8. The van der Waals surface area contributed by atoms with Crippen LogP contribution in [0.3, 0.4) is 0 Å². The number of alkyl halides is 2. The molecule has 2 aliphatic carbocycles. The SMILES string of the molecule is CCOC1CC2NCC(C#N)C(NC3CCC(OCC4CCCC(Br)N4)C(Cl)C3)C2CC1NC(=O)CCCN(C)C. The third kappa shape index (κ3) is 9.74. The van der Waals surface area contributed by atoms with Crippen LogP contribution >= 0.6 is 27.5 Å². The number of nitrogens with one attached hydrogen (secondary N) is 4. The first-order valence-electron chi connectivity index (χ1n) is 15.9.